The van der Waals surface area contributed by atoms with E-state index in [2.05, 4.69) is 24.3 Å². The van der Waals surface area contributed by atoms with Gasteiger partial charge in [0.2, 0.25) is 0 Å². The molecule has 0 spiro atoms. The van der Waals surface area contributed by atoms with E-state index in [1.165, 1.54) is 48.4 Å². The molecule has 2 aromatic carbocycles. The van der Waals surface area contributed by atoms with Gasteiger partial charge in [-0.15, -0.1) is 11.3 Å². The van der Waals surface area contributed by atoms with Crippen LogP contribution in [-0.4, -0.2) is 9.19 Å². The van der Waals surface area contributed by atoms with Crippen molar-refractivity contribution in [3.8, 4) is 0 Å². The molecule has 0 aliphatic heterocycles. The van der Waals surface area contributed by atoms with Crippen molar-refractivity contribution in [3.63, 3.8) is 0 Å². The van der Waals surface area contributed by atoms with E-state index in [0.717, 1.165) is 28.9 Å². The van der Waals surface area contributed by atoms with E-state index < -0.39 is 10.8 Å². The lowest BCUT2D eigenvalue weighted by molar-refractivity contribution is -0.00527. The maximum absolute atomic E-state index is 13.7. The Bertz CT molecular complexity index is 1000. The summed E-state index contributed by atoms with van der Waals surface area (Å²) in [5.74, 6) is 3.35. The average molecular weight is 448 g/mol. The second-order valence-corrected chi connectivity index (χ2v) is 12.7. The normalized spacial score (nSPS) is 30.0. The molecule has 1 heterocycles. The van der Waals surface area contributed by atoms with Crippen LogP contribution < -0.4 is 0 Å². The molecule has 7 rings (SSSR count). The minimum atomic E-state index is -1.04. The smallest absolute Gasteiger partial charge is 0.0990 e. The Morgan fingerprint density at radius 2 is 1.39 bits per heavy atom. The van der Waals surface area contributed by atoms with E-state index >= 15 is 0 Å². The third-order valence-electron chi connectivity index (χ3n) is 7.80. The van der Waals surface area contributed by atoms with E-state index in [4.69, 9.17) is 4.98 Å². The van der Waals surface area contributed by atoms with Gasteiger partial charge < -0.3 is 0 Å². The molecule has 0 amide bonds. The molecule has 160 valence electrons. The van der Waals surface area contributed by atoms with Gasteiger partial charge in [0.05, 0.1) is 16.0 Å². The quantitative estimate of drug-likeness (QED) is 0.423. The lowest BCUT2D eigenvalue weighted by Gasteiger charge is -2.56. The minimum absolute atomic E-state index is 0.104. The van der Waals surface area contributed by atoms with Crippen LogP contribution in [0.2, 0.25) is 0 Å². The Morgan fingerprint density at radius 3 is 1.90 bits per heavy atom. The molecule has 1 unspecified atom stereocenters. The molecule has 4 fully saturated rings. The highest BCUT2D eigenvalue weighted by Gasteiger charge is 2.52. The van der Waals surface area contributed by atoms with Gasteiger partial charge in [-0.25, -0.2) is 4.98 Å². The summed E-state index contributed by atoms with van der Waals surface area (Å²) >= 11 is 1.85. The van der Waals surface area contributed by atoms with Crippen LogP contribution in [0.3, 0.4) is 0 Å². The monoisotopic (exact) mass is 447 g/mol. The lowest BCUT2D eigenvalue weighted by atomic mass is 9.50. The zero-order valence-electron chi connectivity index (χ0n) is 17.8. The fraction of sp³-hybridized carbons (Fsp3) is 0.444. The Labute approximate surface area is 191 Å². The third kappa shape index (κ3) is 3.72. The SMILES string of the molecule is O=S(Cc1cnc(C23CC4CC(CC(C4)C2)C3)s1)C(c1ccccc1)c1ccccc1. The van der Waals surface area contributed by atoms with Crippen LogP contribution in [0, 0.1) is 17.8 Å². The van der Waals surface area contributed by atoms with E-state index in [-0.39, 0.29) is 5.25 Å². The Hall–Kier alpha value is -1.78. The van der Waals surface area contributed by atoms with Gasteiger partial charge in [0.1, 0.15) is 0 Å². The summed E-state index contributed by atoms with van der Waals surface area (Å²) < 4.78 is 13.7. The van der Waals surface area contributed by atoms with Crippen molar-refractivity contribution in [3.05, 3.63) is 87.9 Å². The van der Waals surface area contributed by atoms with Gasteiger partial charge >= 0.3 is 0 Å². The third-order valence-corrected chi connectivity index (χ3v) is 10.9. The van der Waals surface area contributed by atoms with Crippen LogP contribution >= 0.6 is 11.3 Å². The van der Waals surface area contributed by atoms with Gasteiger partial charge in [-0.1, -0.05) is 60.7 Å². The molecule has 0 radical (unpaired) electrons. The molecular weight excluding hydrogens is 418 g/mol. The molecule has 2 nitrogen and oxygen atoms in total. The predicted octanol–water partition coefficient (Wildman–Crippen LogP) is 6.65. The van der Waals surface area contributed by atoms with Crippen molar-refractivity contribution in [2.45, 2.75) is 54.9 Å². The summed E-state index contributed by atoms with van der Waals surface area (Å²) in [5, 5.41) is 1.24. The average Bonchev–Trinajstić information content (AvgIpc) is 3.24. The highest BCUT2D eigenvalue weighted by atomic mass is 32.2. The van der Waals surface area contributed by atoms with Crippen molar-refractivity contribution in [2.24, 2.45) is 17.8 Å². The van der Waals surface area contributed by atoms with Gasteiger partial charge in [0.15, 0.2) is 0 Å². The number of rotatable bonds is 6. The fourth-order valence-corrected chi connectivity index (χ4v) is 9.92. The second-order valence-electron chi connectivity index (χ2n) is 10.1. The predicted molar refractivity (Wildman–Crippen MR) is 129 cm³/mol. The van der Waals surface area contributed by atoms with E-state index in [0.29, 0.717) is 11.2 Å². The largest absolute Gasteiger partial charge is 0.258 e. The van der Waals surface area contributed by atoms with Crippen molar-refractivity contribution in [2.75, 3.05) is 0 Å². The molecule has 1 atom stereocenters. The summed E-state index contributed by atoms with van der Waals surface area (Å²) in [6.07, 6.45) is 10.4. The summed E-state index contributed by atoms with van der Waals surface area (Å²) in [6.45, 7) is 0. The summed E-state index contributed by atoms with van der Waals surface area (Å²) in [6, 6.07) is 20.6. The molecule has 31 heavy (non-hydrogen) atoms. The first-order valence-corrected chi connectivity index (χ1v) is 13.8. The molecule has 4 aliphatic rings. The Balaban J connectivity index is 1.26. The van der Waals surface area contributed by atoms with Crippen LogP contribution in [0.1, 0.15) is 64.8 Å². The first-order valence-electron chi connectivity index (χ1n) is 11.6. The van der Waals surface area contributed by atoms with Gasteiger partial charge in [-0.3, -0.25) is 4.21 Å². The first-order chi connectivity index (χ1) is 15.2. The number of benzene rings is 2. The maximum Gasteiger partial charge on any atom is 0.0990 e. The number of hydrogen-bond donors (Lipinski definition) is 0. The van der Waals surface area contributed by atoms with Gasteiger partial charge in [-0.05, 0) is 67.4 Å². The van der Waals surface area contributed by atoms with Gasteiger partial charge in [0, 0.05) is 27.3 Å². The fourth-order valence-electron chi connectivity index (χ4n) is 6.97. The van der Waals surface area contributed by atoms with Crippen molar-refractivity contribution in [1.29, 1.82) is 0 Å². The molecule has 4 aliphatic carbocycles. The minimum Gasteiger partial charge on any atom is -0.258 e. The highest BCUT2D eigenvalue weighted by molar-refractivity contribution is 7.84. The summed E-state index contributed by atoms with van der Waals surface area (Å²) in [5.41, 5.74) is 2.58. The molecule has 0 N–H and O–H groups in total. The summed E-state index contributed by atoms with van der Waals surface area (Å²) in [4.78, 5) is 6.13. The maximum atomic E-state index is 13.7. The lowest BCUT2D eigenvalue weighted by Crippen LogP contribution is -2.48. The van der Waals surface area contributed by atoms with Crippen LogP contribution in [0.4, 0.5) is 0 Å². The number of nitrogens with zero attached hydrogens (tertiary/aromatic N) is 1. The topological polar surface area (TPSA) is 30.0 Å². The Kier molecular flexibility index (Phi) is 5.11. The van der Waals surface area contributed by atoms with E-state index in [9.17, 15) is 4.21 Å². The second kappa shape index (κ2) is 7.97. The standard InChI is InChI=1S/C27H29NOS2/c29-31(25(22-7-3-1-4-8-22)23-9-5-2-6-10-23)18-24-17-28-26(30-24)27-14-19-11-20(15-27)13-21(12-19)16-27/h1-10,17,19-21,25H,11-16,18H2. The van der Waals surface area contributed by atoms with Crippen molar-refractivity contribution < 1.29 is 4.21 Å². The van der Waals surface area contributed by atoms with Crippen LogP contribution in [0.5, 0.6) is 0 Å². The zero-order chi connectivity index (χ0) is 20.8. The summed E-state index contributed by atoms with van der Waals surface area (Å²) in [7, 11) is -1.04. The highest BCUT2D eigenvalue weighted by Crippen LogP contribution is 2.61. The number of thiazole rings is 1. The van der Waals surface area contributed by atoms with Crippen molar-refractivity contribution >= 4 is 22.1 Å². The molecule has 3 aromatic rings. The molecule has 4 bridgehead atoms. The van der Waals surface area contributed by atoms with Crippen LogP contribution in [-0.2, 0) is 22.0 Å². The van der Waals surface area contributed by atoms with Crippen LogP contribution in [0.15, 0.2) is 66.9 Å². The Morgan fingerprint density at radius 1 is 0.871 bits per heavy atom. The first kappa shape index (κ1) is 19.9. The van der Waals surface area contributed by atoms with E-state index in [1.54, 1.807) is 0 Å². The van der Waals surface area contributed by atoms with Gasteiger partial charge in [-0.2, -0.15) is 0 Å². The molecule has 4 heteroatoms. The molecular formula is C27H29NOS2. The van der Waals surface area contributed by atoms with Crippen LogP contribution in [0.25, 0.3) is 0 Å². The van der Waals surface area contributed by atoms with Crippen molar-refractivity contribution in [1.82, 2.24) is 4.98 Å². The van der Waals surface area contributed by atoms with Gasteiger partial charge in [0.25, 0.3) is 0 Å². The zero-order valence-corrected chi connectivity index (χ0v) is 19.4. The molecule has 1 aromatic heterocycles. The number of hydrogen-bond acceptors (Lipinski definition) is 3. The van der Waals surface area contributed by atoms with E-state index in [1.807, 2.05) is 53.9 Å². The number of aromatic nitrogens is 1. The molecule has 0 saturated heterocycles. The molecule has 4 saturated carbocycles.